The van der Waals surface area contributed by atoms with E-state index >= 15 is 0 Å². The number of carbonyl (C=O) groups is 1. The summed E-state index contributed by atoms with van der Waals surface area (Å²) in [5, 5.41) is 0. The molecule has 0 radical (unpaired) electrons. The van der Waals surface area contributed by atoms with Gasteiger partial charge < -0.3 is 4.74 Å². The van der Waals surface area contributed by atoms with E-state index in [0.717, 1.165) is 0 Å². The predicted octanol–water partition coefficient (Wildman–Crippen LogP) is 9.25. The van der Waals surface area contributed by atoms with E-state index in [0.29, 0.717) is 0 Å². The van der Waals surface area contributed by atoms with Gasteiger partial charge in [0.05, 0.1) is 0 Å². The maximum Gasteiger partial charge on any atom is 0.473 e. The van der Waals surface area contributed by atoms with Gasteiger partial charge in [-0.2, -0.15) is 119 Å². The molecule has 0 atom stereocenters. The number of carbonyl (C=O) groups excluding carboxylic acids is 1. The van der Waals surface area contributed by atoms with Crippen LogP contribution in [0.5, 0.6) is 0 Å². The third kappa shape index (κ3) is 5.14. The lowest BCUT2D eigenvalue weighted by atomic mass is 9.84. The molecule has 0 aromatic heterocycles. The molecular formula is C17H5F27O2. The Balaban J connectivity index is 7.44. The number of halogens is 27. The molecule has 0 unspecified atom stereocenters. The van der Waals surface area contributed by atoms with Gasteiger partial charge in [-0.1, -0.05) is 6.58 Å². The van der Waals surface area contributed by atoms with Gasteiger partial charge in [0.1, 0.15) is 0 Å². The van der Waals surface area contributed by atoms with Crippen molar-refractivity contribution in [3.63, 3.8) is 0 Å². The number of ether oxygens (including phenoxy) is 1. The molecule has 0 aliphatic rings. The second-order valence-corrected chi connectivity index (χ2v) is 8.50. The first kappa shape index (κ1) is 43.3. The van der Waals surface area contributed by atoms with Crippen LogP contribution in [0, 0.1) is 0 Å². The van der Waals surface area contributed by atoms with Crippen molar-refractivity contribution in [1.29, 1.82) is 0 Å². The standard InChI is InChI=1S/C17H5F27O2/c1-3(2)4(45)46-17(43,44)15(38,39)13(34,35)11(30,31)9(26,27)7(22,23)5(18,19)6(20,21)8(24,25)10(28,29)12(32,33)14(36,37)16(40,41)42/h1H2,2H3. The first-order valence-electron chi connectivity index (χ1n) is 9.82. The van der Waals surface area contributed by atoms with Crippen LogP contribution >= 0.6 is 0 Å². The number of rotatable bonds is 13. The summed E-state index contributed by atoms with van der Waals surface area (Å²) < 4.78 is 362. The highest BCUT2D eigenvalue weighted by molar-refractivity contribution is 5.87. The van der Waals surface area contributed by atoms with E-state index in [9.17, 15) is 123 Å². The molecule has 0 aliphatic heterocycles. The molecule has 0 bridgehead atoms. The second kappa shape index (κ2) is 10.7. The van der Waals surface area contributed by atoms with Gasteiger partial charge in [-0.15, -0.1) is 0 Å². The first-order valence-corrected chi connectivity index (χ1v) is 9.82. The lowest BCUT2D eigenvalue weighted by Crippen LogP contribution is -2.78. The Kier molecular flexibility index (Phi) is 10.0. The molecule has 46 heavy (non-hydrogen) atoms. The van der Waals surface area contributed by atoms with Gasteiger partial charge in [0.2, 0.25) is 0 Å². The summed E-state index contributed by atoms with van der Waals surface area (Å²) >= 11 is 0. The Morgan fingerprint density at radius 1 is 0.370 bits per heavy atom. The highest BCUT2D eigenvalue weighted by Gasteiger charge is 3.00. The van der Waals surface area contributed by atoms with Crippen molar-refractivity contribution in [2.75, 3.05) is 0 Å². The molecule has 0 saturated heterocycles. The minimum absolute atomic E-state index is 0.180. The van der Waals surface area contributed by atoms with E-state index < -0.39 is 89.0 Å². The number of hydrogen-bond donors (Lipinski definition) is 0. The average molecular weight is 754 g/mol. The van der Waals surface area contributed by atoms with Gasteiger partial charge in [-0.25, -0.2) is 4.79 Å². The van der Waals surface area contributed by atoms with Crippen LogP contribution in [0.2, 0.25) is 0 Å². The molecule has 29 heteroatoms. The van der Waals surface area contributed by atoms with Crippen LogP contribution < -0.4 is 0 Å². The highest BCUT2D eigenvalue weighted by atomic mass is 19.4. The van der Waals surface area contributed by atoms with Crippen molar-refractivity contribution in [3.05, 3.63) is 12.2 Å². The Morgan fingerprint density at radius 3 is 0.717 bits per heavy atom. The smallest absolute Gasteiger partial charge is 0.393 e. The van der Waals surface area contributed by atoms with Crippen molar-refractivity contribution in [2.24, 2.45) is 0 Å². The molecule has 0 fully saturated rings. The molecule has 0 N–H and O–H groups in total. The fourth-order valence-corrected chi connectivity index (χ4v) is 2.40. The summed E-state index contributed by atoms with van der Waals surface area (Å²) in [5.41, 5.74) is -1.56. The van der Waals surface area contributed by atoms with Crippen LogP contribution in [-0.4, -0.2) is 83.4 Å². The van der Waals surface area contributed by atoms with Crippen molar-refractivity contribution >= 4 is 5.97 Å². The number of alkyl halides is 27. The number of hydrogen-bond acceptors (Lipinski definition) is 2. The third-order valence-electron chi connectivity index (χ3n) is 5.23. The zero-order chi connectivity index (χ0) is 38.4. The minimum atomic E-state index is -9.84. The van der Waals surface area contributed by atoms with Crippen LogP contribution in [0.25, 0.3) is 0 Å². The summed E-state index contributed by atoms with van der Waals surface area (Å²) in [6.45, 7) is 2.49. The fourth-order valence-electron chi connectivity index (χ4n) is 2.40. The van der Waals surface area contributed by atoms with E-state index in [1.807, 2.05) is 0 Å². The molecular weight excluding hydrogens is 749 g/mol. The molecule has 0 heterocycles. The average Bonchev–Trinajstić information content (AvgIpc) is 2.81. The SMILES string of the molecule is C=C(C)C(=O)OC(F)(F)C(F)(F)C(F)(F)C(F)(F)C(F)(F)C(F)(F)C(F)(F)C(F)(F)C(F)(F)C(F)(F)C(F)(F)C(F)(F)C(F)(F)F. The summed E-state index contributed by atoms with van der Waals surface area (Å²) in [6, 6.07) is 0. The molecule has 0 aliphatic carbocycles. The summed E-state index contributed by atoms with van der Waals surface area (Å²) in [6.07, 6.45) is -15.9. The molecule has 2 nitrogen and oxygen atoms in total. The van der Waals surface area contributed by atoms with E-state index in [1.165, 1.54) is 0 Å². The van der Waals surface area contributed by atoms with Crippen LogP contribution in [0.3, 0.4) is 0 Å². The number of esters is 1. The van der Waals surface area contributed by atoms with Gasteiger partial charge >= 0.3 is 83.4 Å². The van der Waals surface area contributed by atoms with Crippen molar-refractivity contribution in [2.45, 2.75) is 84.4 Å². The van der Waals surface area contributed by atoms with Gasteiger partial charge in [0.15, 0.2) is 0 Å². The Bertz CT molecular complexity index is 1170. The van der Waals surface area contributed by atoms with Crippen LogP contribution in [0.4, 0.5) is 119 Å². The normalized spacial score (nSPS) is 16.4. The van der Waals surface area contributed by atoms with E-state index in [-0.39, 0.29) is 6.92 Å². The predicted molar refractivity (Wildman–Crippen MR) is 86.3 cm³/mol. The van der Waals surface area contributed by atoms with Crippen molar-refractivity contribution < 1.29 is 128 Å². The van der Waals surface area contributed by atoms with Gasteiger partial charge in [0.25, 0.3) is 0 Å². The molecule has 0 rings (SSSR count). The minimum Gasteiger partial charge on any atom is -0.393 e. The first-order chi connectivity index (χ1) is 19.3. The summed E-state index contributed by atoms with van der Waals surface area (Å²) in [5.74, 6) is -107. The molecule has 0 amide bonds. The van der Waals surface area contributed by atoms with Crippen LogP contribution in [-0.2, 0) is 9.53 Å². The van der Waals surface area contributed by atoms with Crippen molar-refractivity contribution in [1.82, 2.24) is 0 Å². The molecule has 0 aromatic carbocycles. The zero-order valence-corrected chi connectivity index (χ0v) is 20.2. The Labute approximate surface area is 232 Å². The third-order valence-corrected chi connectivity index (χ3v) is 5.23. The maximum atomic E-state index is 13.7. The van der Waals surface area contributed by atoms with E-state index in [1.54, 1.807) is 0 Å². The van der Waals surface area contributed by atoms with Gasteiger partial charge in [-0.3, -0.25) is 0 Å². The fraction of sp³-hybridized carbons (Fsp3) is 0.824. The van der Waals surface area contributed by atoms with Crippen molar-refractivity contribution in [3.8, 4) is 0 Å². The molecule has 274 valence electrons. The monoisotopic (exact) mass is 754 g/mol. The molecule has 0 aromatic rings. The summed E-state index contributed by atoms with van der Waals surface area (Å²) in [4.78, 5) is 10.8. The molecule has 0 spiro atoms. The van der Waals surface area contributed by atoms with Crippen LogP contribution in [0.15, 0.2) is 12.2 Å². The second-order valence-electron chi connectivity index (χ2n) is 8.50. The zero-order valence-electron chi connectivity index (χ0n) is 20.2. The topological polar surface area (TPSA) is 26.3 Å². The van der Waals surface area contributed by atoms with Gasteiger partial charge in [-0.05, 0) is 6.92 Å². The quantitative estimate of drug-likeness (QED) is 0.107. The molecule has 0 saturated carbocycles. The lowest BCUT2D eigenvalue weighted by molar-refractivity contribution is -0.489. The van der Waals surface area contributed by atoms with E-state index in [2.05, 4.69) is 11.3 Å². The largest absolute Gasteiger partial charge is 0.473 e. The summed E-state index contributed by atoms with van der Waals surface area (Å²) in [7, 11) is 0. The Hall–Kier alpha value is -2.68. The maximum absolute atomic E-state index is 13.7. The highest BCUT2D eigenvalue weighted by Crippen LogP contribution is 2.68. The van der Waals surface area contributed by atoms with Gasteiger partial charge in [0, 0.05) is 5.57 Å². The lowest BCUT2D eigenvalue weighted by Gasteiger charge is -2.45. The van der Waals surface area contributed by atoms with Crippen LogP contribution in [0.1, 0.15) is 6.92 Å². The Morgan fingerprint density at radius 2 is 0.543 bits per heavy atom. The van der Waals surface area contributed by atoms with E-state index in [4.69, 9.17) is 0 Å².